The molecule has 8 heteroatoms. The number of sulfonamides is 1. The number of benzene rings is 1. The molecule has 1 aliphatic rings. The molecule has 2 aromatic rings. The summed E-state index contributed by atoms with van der Waals surface area (Å²) in [6.45, 7) is 5.81. The van der Waals surface area contributed by atoms with Gasteiger partial charge in [-0.05, 0) is 49.7 Å². The summed E-state index contributed by atoms with van der Waals surface area (Å²) in [7, 11) is -1.44. The molecule has 0 bridgehead atoms. The van der Waals surface area contributed by atoms with Crippen molar-refractivity contribution in [3.63, 3.8) is 0 Å². The average molecular weight is 458 g/mol. The van der Waals surface area contributed by atoms with Crippen LogP contribution in [0.5, 0.6) is 0 Å². The molecule has 2 atom stereocenters. The monoisotopic (exact) mass is 457 g/mol. The summed E-state index contributed by atoms with van der Waals surface area (Å²) >= 11 is 5.03. The molecular formula is C18H24BrN3O2S2. The third-order valence-electron chi connectivity index (χ3n) is 4.70. The van der Waals surface area contributed by atoms with Crippen LogP contribution in [0.4, 0.5) is 0 Å². The van der Waals surface area contributed by atoms with E-state index in [-0.39, 0.29) is 17.0 Å². The number of nitrogens with zero attached hydrogens (tertiary/aromatic N) is 2. The zero-order chi connectivity index (χ0) is 18.7. The van der Waals surface area contributed by atoms with Crippen LogP contribution in [0.15, 0.2) is 51.1 Å². The van der Waals surface area contributed by atoms with Gasteiger partial charge in [0.2, 0.25) is 10.0 Å². The lowest BCUT2D eigenvalue weighted by molar-refractivity contribution is 0.0994. The lowest BCUT2D eigenvalue weighted by atomic mass is 10.1. The van der Waals surface area contributed by atoms with Crippen LogP contribution in [0.2, 0.25) is 0 Å². The van der Waals surface area contributed by atoms with E-state index >= 15 is 0 Å². The first kappa shape index (κ1) is 20.0. The van der Waals surface area contributed by atoms with Gasteiger partial charge < -0.3 is 4.90 Å². The summed E-state index contributed by atoms with van der Waals surface area (Å²) in [6, 6.07) is 10.7. The van der Waals surface area contributed by atoms with E-state index in [2.05, 4.69) is 43.6 Å². The second-order valence-corrected chi connectivity index (χ2v) is 10.3. The third kappa shape index (κ3) is 4.74. The van der Waals surface area contributed by atoms with Crippen molar-refractivity contribution in [1.29, 1.82) is 0 Å². The summed E-state index contributed by atoms with van der Waals surface area (Å²) in [5.41, 5.74) is 0. The van der Waals surface area contributed by atoms with E-state index in [1.54, 1.807) is 35.6 Å². The number of rotatable bonds is 6. The van der Waals surface area contributed by atoms with Gasteiger partial charge in [0.1, 0.15) is 0 Å². The molecule has 1 aliphatic heterocycles. The first-order valence-corrected chi connectivity index (χ1v) is 11.8. The number of piperazine rings is 1. The highest BCUT2D eigenvalue weighted by Gasteiger charge is 2.31. The van der Waals surface area contributed by atoms with E-state index < -0.39 is 10.0 Å². The fourth-order valence-electron chi connectivity index (χ4n) is 3.29. The maximum Gasteiger partial charge on any atom is 0.240 e. The van der Waals surface area contributed by atoms with Gasteiger partial charge in [-0.15, -0.1) is 11.3 Å². The van der Waals surface area contributed by atoms with E-state index in [1.807, 2.05) is 18.4 Å². The van der Waals surface area contributed by atoms with Gasteiger partial charge in [-0.3, -0.25) is 4.90 Å². The molecule has 0 amide bonds. The van der Waals surface area contributed by atoms with Crippen molar-refractivity contribution in [1.82, 2.24) is 14.5 Å². The van der Waals surface area contributed by atoms with Crippen LogP contribution in [0.3, 0.4) is 0 Å². The first-order chi connectivity index (χ1) is 12.4. The van der Waals surface area contributed by atoms with Crippen LogP contribution in [0.1, 0.15) is 17.8 Å². The van der Waals surface area contributed by atoms with Crippen LogP contribution < -0.4 is 4.72 Å². The van der Waals surface area contributed by atoms with Crippen molar-refractivity contribution in [2.45, 2.75) is 23.9 Å². The third-order valence-corrected chi connectivity index (χ3v) is 7.75. The SMILES string of the molecule is C[C@@H](NS(=O)(=O)c1ccc(Br)cc1)[C@H](c1cccs1)N1CCN(C)CC1. The molecule has 1 saturated heterocycles. The quantitative estimate of drug-likeness (QED) is 0.723. The molecule has 1 fully saturated rings. The van der Waals surface area contributed by atoms with E-state index in [1.165, 1.54) is 4.88 Å². The van der Waals surface area contributed by atoms with Gasteiger partial charge in [0, 0.05) is 41.6 Å². The van der Waals surface area contributed by atoms with Crippen molar-refractivity contribution in [2.75, 3.05) is 33.2 Å². The molecule has 1 aromatic carbocycles. The van der Waals surface area contributed by atoms with Gasteiger partial charge in [-0.25, -0.2) is 13.1 Å². The van der Waals surface area contributed by atoms with Gasteiger partial charge in [0.25, 0.3) is 0 Å². The molecule has 5 nitrogen and oxygen atoms in total. The Morgan fingerprint density at radius 3 is 2.35 bits per heavy atom. The second kappa shape index (κ2) is 8.50. The molecule has 1 N–H and O–H groups in total. The van der Waals surface area contributed by atoms with Gasteiger partial charge in [-0.2, -0.15) is 0 Å². The zero-order valence-electron chi connectivity index (χ0n) is 14.9. The normalized spacial score (nSPS) is 19.3. The zero-order valence-corrected chi connectivity index (χ0v) is 18.1. The molecule has 3 rings (SSSR count). The average Bonchev–Trinajstić information content (AvgIpc) is 3.11. The minimum absolute atomic E-state index is 0.0360. The molecule has 0 saturated carbocycles. The number of likely N-dealkylation sites (N-methyl/N-ethyl adjacent to an activating group) is 1. The Bertz CT molecular complexity index is 801. The van der Waals surface area contributed by atoms with E-state index in [9.17, 15) is 8.42 Å². The molecule has 0 spiro atoms. The fraction of sp³-hybridized carbons (Fsp3) is 0.444. The predicted molar refractivity (Wildman–Crippen MR) is 110 cm³/mol. The van der Waals surface area contributed by atoms with Crippen molar-refractivity contribution >= 4 is 37.3 Å². The number of thiophene rings is 1. The summed E-state index contributed by atoms with van der Waals surface area (Å²) < 4.78 is 29.4. The van der Waals surface area contributed by atoms with Crippen LogP contribution >= 0.6 is 27.3 Å². The Kier molecular flexibility index (Phi) is 6.53. The van der Waals surface area contributed by atoms with Gasteiger partial charge in [-0.1, -0.05) is 22.0 Å². The Balaban J connectivity index is 1.81. The molecule has 1 aromatic heterocycles. The predicted octanol–water partition coefficient (Wildman–Crippen LogP) is 3.17. The Morgan fingerprint density at radius 1 is 1.12 bits per heavy atom. The highest BCUT2D eigenvalue weighted by molar-refractivity contribution is 9.10. The van der Waals surface area contributed by atoms with Crippen LogP contribution in [0, 0.1) is 0 Å². The lowest BCUT2D eigenvalue weighted by Gasteiger charge is -2.40. The topological polar surface area (TPSA) is 52.7 Å². The van der Waals surface area contributed by atoms with Crippen molar-refractivity contribution in [3.8, 4) is 0 Å². The van der Waals surface area contributed by atoms with Gasteiger partial charge >= 0.3 is 0 Å². The molecule has 0 radical (unpaired) electrons. The molecule has 0 unspecified atom stereocenters. The standard InChI is InChI=1S/C18H24BrN3O2S2/c1-14(20-26(23,24)16-7-5-15(19)6-8-16)18(17-4-3-13-25-17)22-11-9-21(2)10-12-22/h3-8,13-14,18,20H,9-12H2,1-2H3/t14-,18-/m1/s1. The van der Waals surface area contributed by atoms with Crippen LogP contribution in [-0.4, -0.2) is 57.5 Å². The number of hydrogen-bond acceptors (Lipinski definition) is 5. The van der Waals surface area contributed by atoms with Crippen molar-refractivity contribution < 1.29 is 8.42 Å². The van der Waals surface area contributed by atoms with Crippen molar-refractivity contribution in [2.24, 2.45) is 0 Å². The highest BCUT2D eigenvalue weighted by Crippen LogP contribution is 2.30. The Hall–Kier alpha value is -0.770. The summed E-state index contributed by atoms with van der Waals surface area (Å²) in [5, 5.41) is 2.05. The smallest absolute Gasteiger partial charge is 0.240 e. The van der Waals surface area contributed by atoms with Gasteiger partial charge in [0.05, 0.1) is 10.9 Å². The molecule has 26 heavy (non-hydrogen) atoms. The number of halogens is 1. The summed E-state index contributed by atoms with van der Waals surface area (Å²) in [5.74, 6) is 0. The molecule has 2 heterocycles. The first-order valence-electron chi connectivity index (χ1n) is 8.61. The van der Waals surface area contributed by atoms with E-state index in [0.717, 1.165) is 30.7 Å². The van der Waals surface area contributed by atoms with Crippen molar-refractivity contribution in [3.05, 3.63) is 51.1 Å². The second-order valence-electron chi connectivity index (χ2n) is 6.66. The minimum Gasteiger partial charge on any atom is -0.304 e. The van der Waals surface area contributed by atoms with Gasteiger partial charge in [0.15, 0.2) is 0 Å². The largest absolute Gasteiger partial charge is 0.304 e. The van der Waals surface area contributed by atoms with Crippen LogP contribution in [0.25, 0.3) is 0 Å². The summed E-state index contributed by atoms with van der Waals surface area (Å²) in [6.07, 6.45) is 0. The highest BCUT2D eigenvalue weighted by atomic mass is 79.9. The fourth-order valence-corrected chi connectivity index (χ4v) is 5.77. The van der Waals surface area contributed by atoms with E-state index in [0.29, 0.717) is 0 Å². The summed E-state index contributed by atoms with van der Waals surface area (Å²) in [4.78, 5) is 6.18. The maximum atomic E-state index is 12.8. The van der Waals surface area contributed by atoms with Crippen LogP contribution in [-0.2, 0) is 10.0 Å². The molecular weight excluding hydrogens is 434 g/mol. The molecule has 142 valence electrons. The molecule has 0 aliphatic carbocycles. The lowest BCUT2D eigenvalue weighted by Crippen LogP contribution is -2.51. The van der Waals surface area contributed by atoms with E-state index in [4.69, 9.17) is 0 Å². The Morgan fingerprint density at radius 2 is 1.77 bits per heavy atom. The maximum absolute atomic E-state index is 12.8. The minimum atomic E-state index is -3.57. The Labute approximate surface area is 168 Å². The number of nitrogens with one attached hydrogen (secondary N) is 1. The number of hydrogen-bond donors (Lipinski definition) is 1.